The molecule has 2 heterocycles. The van der Waals surface area contributed by atoms with Crippen molar-refractivity contribution in [3.8, 4) is 45.6 Å². The van der Waals surface area contributed by atoms with Crippen LogP contribution in [0.25, 0.3) is 33.8 Å². The van der Waals surface area contributed by atoms with Gasteiger partial charge in [-0.2, -0.15) is 5.26 Å². The molecule has 4 heteroatoms. The van der Waals surface area contributed by atoms with Crippen molar-refractivity contribution >= 4 is 0 Å². The van der Waals surface area contributed by atoms with Crippen LogP contribution in [0.15, 0.2) is 75.8 Å². The predicted molar refractivity (Wildman–Crippen MR) is 97.4 cm³/mol. The van der Waals surface area contributed by atoms with E-state index >= 15 is 0 Å². The van der Waals surface area contributed by atoms with Gasteiger partial charge in [-0.15, -0.1) is 0 Å². The van der Waals surface area contributed by atoms with Gasteiger partial charge >= 0.3 is 0 Å². The largest absolute Gasteiger partial charge is 0.497 e. The summed E-state index contributed by atoms with van der Waals surface area (Å²) in [6, 6.07) is 20.8. The molecule has 0 atom stereocenters. The van der Waals surface area contributed by atoms with Crippen molar-refractivity contribution in [2.24, 2.45) is 0 Å². The van der Waals surface area contributed by atoms with E-state index in [9.17, 15) is 0 Å². The SMILES string of the molecule is COc1ccc(-c2ccoc2-c2c[c]oc2-c2ccc(C#N)cc2)cc1. The fourth-order valence-corrected chi connectivity index (χ4v) is 2.86. The van der Waals surface area contributed by atoms with Gasteiger partial charge in [0.15, 0.2) is 6.26 Å². The summed E-state index contributed by atoms with van der Waals surface area (Å²) in [4.78, 5) is 0. The van der Waals surface area contributed by atoms with Crippen LogP contribution in [-0.2, 0) is 0 Å². The quantitative estimate of drug-likeness (QED) is 0.488. The Morgan fingerprint density at radius 1 is 0.885 bits per heavy atom. The predicted octanol–water partition coefficient (Wildman–Crippen LogP) is 5.55. The van der Waals surface area contributed by atoms with Crippen LogP contribution in [0, 0.1) is 17.6 Å². The third kappa shape index (κ3) is 2.76. The summed E-state index contributed by atoms with van der Waals surface area (Å²) < 4.78 is 16.6. The number of rotatable bonds is 4. The van der Waals surface area contributed by atoms with Gasteiger partial charge in [0.05, 0.1) is 30.6 Å². The Morgan fingerprint density at radius 2 is 1.62 bits per heavy atom. The van der Waals surface area contributed by atoms with Gasteiger partial charge in [0.1, 0.15) is 17.3 Å². The molecule has 4 rings (SSSR count). The number of methoxy groups -OCH3 is 1. The van der Waals surface area contributed by atoms with Crippen LogP contribution in [0.3, 0.4) is 0 Å². The highest BCUT2D eigenvalue weighted by molar-refractivity contribution is 5.86. The van der Waals surface area contributed by atoms with Gasteiger partial charge in [-0.3, -0.25) is 0 Å². The maximum atomic E-state index is 8.96. The Morgan fingerprint density at radius 3 is 2.31 bits per heavy atom. The molecule has 0 amide bonds. The van der Waals surface area contributed by atoms with E-state index < -0.39 is 0 Å². The van der Waals surface area contributed by atoms with Crippen molar-refractivity contribution in [1.29, 1.82) is 5.26 Å². The van der Waals surface area contributed by atoms with Gasteiger partial charge in [-0.1, -0.05) is 12.1 Å². The molecule has 4 nitrogen and oxygen atoms in total. The van der Waals surface area contributed by atoms with Crippen LogP contribution >= 0.6 is 0 Å². The first kappa shape index (κ1) is 15.8. The molecule has 0 aliphatic rings. The molecule has 2 aromatic heterocycles. The molecule has 4 aromatic rings. The fourth-order valence-electron chi connectivity index (χ4n) is 2.86. The van der Waals surface area contributed by atoms with Gasteiger partial charge in [0.25, 0.3) is 0 Å². The van der Waals surface area contributed by atoms with Crippen LogP contribution < -0.4 is 4.74 Å². The summed E-state index contributed by atoms with van der Waals surface area (Å²) in [5, 5.41) is 8.96. The highest BCUT2D eigenvalue weighted by Gasteiger charge is 2.18. The molecule has 0 aliphatic heterocycles. The summed E-state index contributed by atoms with van der Waals surface area (Å²) in [5.74, 6) is 2.16. The first-order valence-corrected chi connectivity index (χ1v) is 8.03. The Hall–Kier alpha value is -3.71. The molecule has 26 heavy (non-hydrogen) atoms. The van der Waals surface area contributed by atoms with E-state index in [2.05, 4.69) is 12.3 Å². The van der Waals surface area contributed by atoms with Crippen molar-refractivity contribution in [2.75, 3.05) is 7.11 Å². The minimum Gasteiger partial charge on any atom is -0.497 e. The van der Waals surface area contributed by atoms with Gasteiger partial charge in [-0.25, -0.2) is 0 Å². The lowest BCUT2D eigenvalue weighted by molar-refractivity contribution is 0.415. The molecule has 0 N–H and O–H groups in total. The Kier molecular flexibility index (Phi) is 4.04. The molecule has 1 radical (unpaired) electrons. The molecule has 0 fully saturated rings. The third-order valence-electron chi connectivity index (χ3n) is 4.20. The topological polar surface area (TPSA) is 59.3 Å². The van der Waals surface area contributed by atoms with Crippen LogP contribution in [0.2, 0.25) is 0 Å². The zero-order valence-electron chi connectivity index (χ0n) is 14.0. The third-order valence-corrected chi connectivity index (χ3v) is 4.20. The lowest BCUT2D eigenvalue weighted by Gasteiger charge is -2.06. The summed E-state index contributed by atoms with van der Waals surface area (Å²) in [7, 11) is 1.64. The standard InChI is InChI=1S/C22H14NO3/c1-24-18-8-6-16(7-9-18)19-10-12-26-22(19)20-11-13-25-21(20)17-4-2-15(14-23)3-5-17/h2-12H,1H3. The van der Waals surface area contributed by atoms with Crippen LogP contribution in [0.4, 0.5) is 0 Å². The Balaban J connectivity index is 1.77. The van der Waals surface area contributed by atoms with Crippen molar-refractivity contribution in [3.63, 3.8) is 0 Å². The molecule has 125 valence electrons. The van der Waals surface area contributed by atoms with Crippen molar-refractivity contribution in [2.45, 2.75) is 0 Å². The van der Waals surface area contributed by atoms with E-state index in [1.54, 1.807) is 31.6 Å². The lowest BCUT2D eigenvalue weighted by atomic mass is 10.00. The summed E-state index contributed by atoms with van der Waals surface area (Å²) >= 11 is 0. The second kappa shape index (κ2) is 6.66. The lowest BCUT2D eigenvalue weighted by Crippen LogP contribution is -1.84. The average molecular weight is 340 g/mol. The second-order valence-electron chi connectivity index (χ2n) is 5.69. The monoisotopic (exact) mass is 340 g/mol. The van der Waals surface area contributed by atoms with Crippen molar-refractivity contribution < 1.29 is 13.6 Å². The minimum absolute atomic E-state index is 0.600. The normalized spacial score (nSPS) is 10.5. The number of nitriles is 1. The van der Waals surface area contributed by atoms with Gasteiger partial charge < -0.3 is 13.6 Å². The average Bonchev–Trinajstić information content (AvgIpc) is 3.37. The first-order valence-electron chi connectivity index (χ1n) is 8.03. The molecule has 0 saturated carbocycles. The van der Waals surface area contributed by atoms with E-state index in [-0.39, 0.29) is 0 Å². The van der Waals surface area contributed by atoms with E-state index in [0.29, 0.717) is 17.1 Å². The zero-order valence-corrected chi connectivity index (χ0v) is 14.0. The molecule has 0 unspecified atom stereocenters. The molecular formula is C22H14NO3. The van der Waals surface area contributed by atoms with E-state index in [1.165, 1.54) is 0 Å². The Bertz CT molecular complexity index is 1060. The molecule has 0 aliphatic carbocycles. The van der Waals surface area contributed by atoms with E-state index in [4.69, 9.17) is 18.8 Å². The Labute approximate surface area is 150 Å². The van der Waals surface area contributed by atoms with Crippen LogP contribution in [0.5, 0.6) is 5.75 Å². The number of nitrogens with zero attached hydrogens (tertiary/aromatic N) is 1. The van der Waals surface area contributed by atoms with Gasteiger partial charge in [0.2, 0.25) is 0 Å². The number of hydrogen-bond donors (Lipinski definition) is 0. The number of ether oxygens (including phenoxy) is 1. The molecule has 2 aromatic carbocycles. The van der Waals surface area contributed by atoms with Gasteiger partial charge in [0, 0.05) is 11.1 Å². The maximum Gasteiger partial charge on any atom is 0.170 e. The first-order chi connectivity index (χ1) is 12.8. The van der Waals surface area contributed by atoms with Crippen LogP contribution in [-0.4, -0.2) is 7.11 Å². The molecule has 0 bridgehead atoms. The number of benzene rings is 2. The smallest absolute Gasteiger partial charge is 0.170 e. The van der Waals surface area contributed by atoms with Gasteiger partial charge in [-0.05, 0) is 54.1 Å². The molecule has 0 spiro atoms. The maximum absolute atomic E-state index is 8.96. The second-order valence-corrected chi connectivity index (χ2v) is 5.69. The van der Waals surface area contributed by atoms with Crippen molar-refractivity contribution in [3.05, 3.63) is 78.8 Å². The minimum atomic E-state index is 0.600. The number of hydrogen-bond acceptors (Lipinski definition) is 4. The van der Waals surface area contributed by atoms with E-state index in [1.807, 2.05) is 42.5 Å². The molecular weight excluding hydrogens is 326 g/mol. The van der Waals surface area contributed by atoms with Crippen molar-refractivity contribution in [1.82, 2.24) is 0 Å². The summed E-state index contributed by atoms with van der Waals surface area (Å²) in [5.41, 5.74) is 4.24. The molecule has 0 saturated heterocycles. The summed E-state index contributed by atoms with van der Waals surface area (Å²) in [6.45, 7) is 0. The zero-order chi connectivity index (χ0) is 17.9. The fraction of sp³-hybridized carbons (Fsp3) is 0.0455. The number of furan rings is 2. The summed E-state index contributed by atoms with van der Waals surface area (Å²) in [6.07, 6.45) is 4.45. The highest BCUT2D eigenvalue weighted by atomic mass is 16.5. The van der Waals surface area contributed by atoms with E-state index in [0.717, 1.165) is 28.0 Å². The van der Waals surface area contributed by atoms with Crippen LogP contribution in [0.1, 0.15) is 5.56 Å². The highest BCUT2D eigenvalue weighted by Crippen LogP contribution is 2.39.